The van der Waals surface area contributed by atoms with E-state index in [1.54, 1.807) is 0 Å². The van der Waals surface area contributed by atoms with Crippen molar-refractivity contribution < 1.29 is 4.79 Å². The molecule has 1 aliphatic rings. The zero-order chi connectivity index (χ0) is 18.2. The Bertz CT molecular complexity index is 1110. The molecule has 0 aliphatic heterocycles. The lowest BCUT2D eigenvalue weighted by Crippen LogP contribution is -2.09. The third-order valence-electron chi connectivity index (χ3n) is 5.02. The molecule has 0 bridgehead atoms. The first kappa shape index (κ1) is 16.7. The summed E-state index contributed by atoms with van der Waals surface area (Å²) < 4.78 is 1.12. The Morgan fingerprint density at radius 1 is 1.00 bits per heavy atom. The smallest absolute Gasteiger partial charge is 0.267 e. The zero-order valence-electron chi connectivity index (χ0n) is 14.7. The van der Waals surface area contributed by atoms with Crippen molar-refractivity contribution in [2.75, 3.05) is 5.32 Å². The van der Waals surface area contributed by atoms with Crippen LogP contribution in [0.25, 0.3) is 21.3 Å². The van der Waals surface area contributed by atoms with Crippen molar-refractivity contribution in [1.82, 2.24) is 4.98 Å². The van der Waals surface area contributed by atoms with E-state index in [2.05, 4.69) is 28.5 Å². The maximum absolute atomic E-state index is 12.6. The molecule has 5 rings (SSSR count). The Labute approximate surface area is 165 Å². The highest BCUT2D eigenvalue weighted by Gasteiger charge is 2.14. The second-order valence-electron chi connectivity index (χ2n) is 6.83. The molecule has 27 heavy (non-hydrogen) atoms. The molecule has 0 atom stereocenters. The number of nitrogens with zero attached hydrogens (tertiary/aromatic N) is 1. The molecule has 0 fully saturated rings. The van der Waals surface area contributed by atoms with E-state index in [1.165, 1.54) is 53.1 Å². The summed E-state index contributed by atoms with van der Waals surface area (Å²) in [6, 6.07) is 16.6. The molecule has 0 spiro atoms. The summed E-state index contributed by atoms with van der Waals surface area (Å²) in [5.41, 5.74) is 4.98. The first-order chi connectivity index (χ1) is 13.3. The third-order valence-corrected chi connectivity index (χ3v) is 6.89. The molecule has 4 aromatic rings. The van der Waals surface area contributed by atoms with Crippen molar-refractivity contribution in [2.45, 2.75) is 25.7 Å². The number of thiophene rings is 1. The Balaban J connectivity index is 1.36. The Morgan fingerprint density at radius 3 is 2.74 bits per heavy atom. The van der Waals surface area contributed by atoms with E-state index >= 15 is 0 Å². The fraction of sp³-hybridized carbons (Fsp3) is 0.182. The van der Waals surface area contributed by atoms with E-state index < -0.39 is 0 Å². The largest absolute Gasteiger partial charge is 0.297 e. The lowest BCUT2D eigenvalue weighted by molar-refractivity contribution is 0.103. The average Bonchev–Trinajstić information content (AvgIpc) is 3.34. The van der Waals surface area contributed by atoms with Crippen LogP contribution in [0, 0.1) is 0 Å². The number of rotatable bonds is 3. The predicted octanol–water partition coefficient (Wildman–Crippen LogP) is 6.16. The molecule has 0 unspecified atom stereocenters. The van der Waals surface area contributed by atoms with Gasteiger partial charge in [-0.05, 0) is 60.4 Å². The van der Waals surface area contributed by atoms with Crippen molar-refractivity contribution in [3.05, 3.63) is 69.9 Å². The summed E-state index contributed by atoms with van der Waals surface area (Å²) in [5, 5.41) is 6.71. The molecule has 1 N–H and O–H groups in total. The van der Waals surface area contributed by atoms with Gasteiger partial charge in [0.1, 0.15) is 0 Å². The van der Waals surface area contributed by atoms with Gasteiger partial charge in [-0.25, -0.2) is 4.98 Å². The van der Waals surface area contributed by atoms with Crippen molar-refractivity contribution in [2.24, 2.45) is 0 Å². The molecule has 2 heterocycles. The normalized spacial score (nSPS) is 13.5. The van der Waals surface area contributed by atoms with Gasteiger partial charge in [-0.15, -0.1) is 22.7 Å². The van der Waals surface area contributed by atoms with Gasteiger partial charge in [-0.3, -0.25) is 10.1 Å². The topological polar surface area (TPSA) is 42.0 Å². The summed E-state index contributed by atoms with van der Waals surface area (Å²) in [7, 11) is 0. The molecule has 2 aromatic heterocycles. The van der Waals surface area contributed by atoms with E-state index in [-0.39, 0.29) is 5.91 Å². The number of aryl methyl sites for hydroxylation is 2. The van der Waals surface area contributed by atoms with Crippen LogP contribution in [0.4, 0.5) is 5.13 Å². The van der Waals surface area contributed by atoms with Gasteiger partial charge in [-0.2, -0.15) is 0 Å². The number of amides is 1. The fourth-order valence-corrected chi connectivity index (χ4v) is 5.28. The number of carbonyl (C=O) groups is 1. The van der Waals surface area contributed by atoms with Gasteiger partial charge in [0.25, 0.3) is 5.91 Å². The minimum Gasteiger partial charge on any atom is -0.297 e. The van der Waals surface area contributed by atoms with E-state index in [1.807, 2.05) is 35.7 Å². The Morgan fingerprint density at radius 2 is 1.85 bits per heavy atom. The zero-order valence-corrected chi connectivity index (χ0v) is 16.3. The Hall–Kier alpha value is -2.50. The van der Waals surface area contributed by atoms with Crippen LogP contribution in [0.1, 0.15) is 33.6 Å². The SMILES string of the molecule is O=C(Nc1nc(-c2ccc3c(c2)CCCC3)cs1)c1cc2ccccc2s1. The predicted molar refractivity (Wildman–Crippen MR) is 114 cm³/mol. The highest BCUT2D eigenvalue weighted by Crippen LogP contribution is 2.31. The van der Waals surface area contributed by atoms with Crippen molar-refractivity contribution in [3.63, 3.8) is 0 Å². The van der Waals surface area contributed by atoms with Crippen LogP contribution in [-0.4, -0.2) is 10.9 Å². The number of aromatic nitrogens is 1. The molecule has 5 heteroatoms. The molecule has 1 amide bonds. The molecule has 1 aliphatic carbocycles. The molecule has 0 radical (unpaired) electrons. The number of nitrogens with one attached hydrogen (secondary N) is 1. The standard InChI is InChI=1S/C22H18N2OS2/c25-21(20-12-17-7-3-4-8-19(17)27-20)24-22-23-18(13-26-22)16-10-9-14-5-1-2-6-15(14)11-16/h3-4,7-13H,1-2,5-6H2,(H,23,24,25). The minimum absolute atomic E-state index is 0.0949. The number of thiazole rings is 1. The monoisotopic (exact) mass is 390 g/mol. The molecule has 0 saturated heterocycles. The summed E-state index contributed by atoms with van der Waals surface area (Å²) in [6.45, 7) is 0. The van der Waals surface area contributed by atoms with Crippen molar-refractivity contribution in [3.8, 4) is 11.3 Å². The maximum atomic E-state index is 12.6. The molecule has 134 valence electrons. The Kier molecular flexibility index (Phi) is 4.26. The van der Waals surface area contributed by atoms with Crippen molar-refractivity contribution in [1.29, 1.82) is 0 Å². The number of benzene rings is 2. The van der Waals surface area contributed by atoms with Gasteiger partial charge in [0.15, 0.2) is 5.13 Å². The van der Waals surface area contributed by atoms with Crippen LogP contribution in [0.3, 0.4) is 0 Å². The van der Waals surface area contributed by atoms with Crippen LogP contribution in [0.5, 0.6) is 0 Å². The van der Waals surface area contributed by atoms with Gasteiger partial charge in [0, 0.05) is 15.6 Å². The molecule has 3 nitrogen and oxygen atoms in total. The van der Waals surface area contributed by atoms with Gasteiger partial charge in [0.05, 0.1) is 10.6 Å². The molecule has 0 saturated carbocycles. The van der Waals surface area contributed by atoms with E-state index in [0.717, 1.165) is 27.8 Å². The quantitative estimate of drug-likeness (QED) is 0.455. The summed E-state index contributed by atoms with van der Waals surface area (Å²) in [4.78, 5) is 17.9. The number of carbonyl (C=O) groups excluding carboxylic acids is 1. The number of fused-ring (bicyclic) bond motifs is 2. The van der Waals surface area contributed by atoms with Crippen LogP contribution in [0.2, 0.25) is 0 Å². The van der Waals surface area contributed by atoms with Crippen LogP contribution in [0.15, 0.2) is 53.9 Å². The summed E-state index contributed by atoms with van der Waals surface area (Å²) >= 11 is 2.98. The van der Waals surface area contributed by atoms with Crippen LogP contribution >= 0.6 is 22.7 Å². The lowest BCUT2D eigenvalue weighted by Gasteiger charge is -2.16. The second-order valence-corrected chi connectivity index (χ2v) is 8.77. The van der Waals surface area contributed by atoms with E-state index in [0.29, 0.717) is 10.0 Å². The molecular formula is C22H18N2OS2. The highest BCUT2D eigenvalue weighted by molar-refractivity contribution is 7.21. The number of hydrogen-bond acceptors (Lipinski definition) is 4. The van der Waals surface area contributed by atoms with Gasteiger partial charge in [0.2, 0.25) is 0 Å². The number of anilines is 1. The van der Waals surface area contributed by atoms with Gasteiger partial charge >= 0.3 is 0 Å². The van der Waals surface area contributed by atoms with Crippen LogP contribution < -0.4 is 5.32 Å². The minimum atomic E-state index is -0.0949. The first-order valence-corrected chi connectivity index (χ1v) is 10.8. The summed E-state index contributed by atoms with van der Waals surface area (Å²) in [5.74, 6) is -0.0949. The van der Waals surface area contributed by atoms with Crippen molar-refractivity contribution >= 4 is 43.8 Å². The van der Waals surface area contributed by atoms with Gasteiger partial charge in [-0.1, -0.05) is 30.3 Å². The molecule has 2 aromatic carbocycles. The third kappa shape index (κ3) is 3.29. The van der Waals surface area contributed by atoms with Gasteiger partial charge < -0.3 is 0 Å². The van der Waals surface area contributed by atoms with E-state index in [4.69, 9.17) is 0 Å². The lowest BCUT2D eigenvalue weighted by atomic mass is 9.90. The fourth-order valence-electron chi connectivity index (χ4n) is 3.61. The molecular weight excluding hydrogens is 372 g/mol. The summed E-state index contributed by atoms with van der Waals surface area (Å²) in [6.07, 6.45) is 4.90. The first-order valence-electron chi connectivity index (χ1n) is 9.14. The number of hydrogen-bond donors (Lipinski definition) is 1. The average molecular weight is 391 g/mol. The highest BCUT2D eigenvalue weighted by atomic mass is 32.1. The maximum Gasteiger partial charge on any atom is 0.267 e. The van der Waals surface area contributed by atoms with Crippen LogP contribution in [-0.2, 0) is 12.8 Å². The van der Waals surface area contributed by atoms with E-state index in [9.17, 15) is 4.79 Å². The second kappa shape index (κ2) is 6.91.